The second kappa shape index (κ2) is 14.5. The lowest BCUT2D eigenvalue weighted by Crippen LogP contribution is -2.36. The van der Waals surface area contributed by atoms with Gasteiger partial charge in [-0.2, -0.15) is 0 Å². The summed E-state index contributed by atoms with van der Waals surface area (Å²) >= 11 is 0. The molecule has 5 heteroatoms. The molecule has 0 fully saturated rings. The number of unbranched alkanes of at least 4 members (excludes halogenated alkanes) is 6. The zero-order valence-electron chi connectivity index (χ0n) is 18.2. The summed E-state index contributed by atoms with van der Waals surface area (Å²) in [6.45, 7) is 0.464. The van der Waals surface area contributed by atoms with Crippen LogP contribution in [-0.2, 0) is 0 Å². The molecule has 2 aromatic rings. The van der Waals surface area contributed by atoms with Gasteiger partial charge in [-0.25, -0.2) is 0 Å². The third-order valence-corrected chi connectivity index (χ3v) is 5.17. The van der Waals surface area contributed by atoms with E-state index >= 15 is 0 Å². The van der Waals surface area contributed by atoms with E-state index in [9.17, 15) is 9.90 Å². The van der Waals surface area contributed by atoms with Crippen molar-refractivity contribution >= 4 is 5.78 Å². The highest BCUT2D eigenvalue weighted by Crippen LogP contribution is 2.16. The monoisotopic (exact) mass is 425 g/mol. The Morgan fingerprint density at radius 3 is 2.19 bits per heavy atom. The van der Waals surface area contributed by atoms with Crippen molar-refractivity contribution in [3.05, 3.63) is 77.9 Å². The molecule has 0 saturated heterocycles. The quantitative estimate of drug-likeness (QED) is 0.225. The Balaban J connectivity index is 1.51. The van der Waals surface area contributed by atoms with Gasteiger partial charge < -0.3 is 20.7 Å². The summed E-state index contributed by atoms with van der Waals surface area (Å²) < 4.78 is 5.78. The Labute approximate surface area is 185 Å². The number of hydrogen-bond donors (Lipinski definition) is 3. The molecule has 2 rings (SSSR count). The van der Waals surface area contributed by atoms with Gasteiger partial charge in [0.2, 0.25) is 0 Å². The summed E-state index contributed by atoms with van der Waals surface area (Å²) in [6.07, 6.45) is 10.5. The van der Waals surface area contributed by atoms with E-state index in [0.717, 1.165) is 37.9 Å². The van der Waals surface area contributed by atoms with Crippen molar-refractivity contribution in [3.63, 3.8) is 0 Å². The van der Waals surface area contributed by atoms with Crippen LogP contribution in [0.3, 0.4) is 0 Å². The first kappa shape index (κ1) is 24.8. The predicted molar refractivity (Wildman–Crippen MR) is 124 cm³/mol. The van der Waals surface area contributed by atoms with Gasteiger partial charge in [0.25, 0.3) is 0 Å². The predicted octanol–water partition coefficient (Wildman–Crippen LogP) is 4.26. The summed E-state index contributed by atoms with van der Waals surface area (Å²) in [6, 6.07) is 16.0. The van der Waals surface area contributed by atoms with Gasteiger partial charge in [0, 0.05) is 11.1 Å². The molecular weight excluding hydrogens is 390 g/mol. The highest BCUT2D eigenvalue weighted by Gasteiger charge is 2.09. The van der Waals surface area contributed by atoms with Crippen molar-refractivity contribution in [2.45, 2.75) is 57.1 Å². The van der Waals surface area contributed by atoms with Crippen LogP contribution in [0.25, 0.3) is 0 Å². The second-order valence-electron chi connectivity index (χ2n) is 7.74. The molecule has 5 nitrogen and oxygen atoms in total. The zero-order chi connectivity index (χ0) is 22.3. The summed E-state index contributed by atoms with van der Waals surface area (Å²) in [4.78, 5) is 12.4. The molecule has 0 amide bonds. The van der Waals surface area contributed by atoms with Crippen molar-refractivity contribution in [2.24, 2.45) is 5.73 Å². The van der Waals surface area contributed by atoms with E-state index in [2.05, 4.69) is 0 Å². The molecule has 31 heavy (non-hydrogen) atoms. The van der Waals surface area contributed by atoms with Crippen molar-refractivity contribution in [1.29, 1.82) is 0 Å². The first-order valence-electron chi connectivity index (χ1n) is 11.2. The summed E-state index contributed by atoms with van der Waals surface area (Å²) in [7, 11) is 0. The van der Waals surface area contributed by atoms with Gasteiger partial charge in [0.05, 0.1) is 25.4 Å². The van der Waals surface area contributed by atoms with Crippen LogP contribution in [0.1, 0.15) is 60.9 Å². The number of allylic oxidation sites excluding steroid dienone is 1. The molecule has 0 unspecified atom stereocenters. The first-order valence-corrected chi connectivity index (χ1v) is 11.2. The van der Waals surface area contributed by atoms with Crippen molar-refractivity contribution in [3.8, 4) is 5.75 Å². The van der Waals surface area contributed by atoms with Gasteiger partial charge in [-0.1, -0.05) is 68.2 Å². The molecule has 0 aliphatic carbocycles. The molecule has 0 bridgehead atoms. The first-order chi connectivity index (χ1) is 15.1. The molecule has 168 valence electrons. The van der Waals surface area contributed by atoms with Gasteiger partial charge in [-0.3, -0.25) is 4.79 Å². The normalized spacial score (nSPS) is 13.3. The number of hydrogen-bond acceptors (Lipinski definition) is 5. The van der Waals surface area contributed by atoms with E-state index in [1.807, 2.05) is 60.7 Å². The SMILES string of the molecule is N[C@@H](CO)[C@H](O)/C=C/CCCCCCCCOc1ccc(C(=O)c2ccccc2)cc1. The van der Waals surface area contributed by atoms with Crippen LogP contribution in [0.2, 0.25) is 0 Å². The molecule has 0 saturated carbocycles. The standard InChI is InChI=1S/C26H35NO4/c27-24(20-28)25(29)14-10-5-3-1-2-4-6-11-19-31-23-17-15-22(16-18-23)26(30)21-12-8-7-9-13-21/h7-10,12-18,24-25,28-29H,1-6,11,19-20,27H2/b14-10+/t24-,25+/m0/s1. The van der Waals surface area contributed by atoms with E-state index in [1.165, 1.54) is 12.8 Å². The molecule has 0 aliphatic rings. The minimum absolute atomic E-state index is 0.0209. The Morgan fingerprint density at radius 2 is 1.52 bits per heavy atom. The summed E-state index contributed by atoms with van der Waals surface area (Å²) in [5, 5.41) is 18.5. The number of aliphatic hydroxyl groups excluding tert-OH is 2. The van der Waals surface area contributed by atoms with Gasteiger partial charge >= 0.3 is 0 Å². The number of nitrogens with two attached hydrogens (primary N) is 1. The highest BCUT2D eigenvalue weighted by molar-refractivity contribution is 6.08. The molecular formula is C26H35NO4. The number of ether oxygens (including phenoxy) is 1. The van der Waals surface area contributed by atoms with Gasteiger partial charge in [0.15, 0.2) is 5.78 Å². The van der Waals surface area contributed by atoms with E-state index < -0.39 is 12.1 Å². The largest absolute Gasteiger partial charge is 0.494 e. The van der Waals surface area contributed by atoms with Crippen LogP contribution >= 0.6 is 0 Å². The smallest absolute Gasteiger partial charge is 0.193 e. The number of aliphatic hydroxyl groups is 2. The average Bonchev–Trinajstić information content (AvgIpc) is 2.82. The number of ketones is 1. The Kier molecular flexibility index (Phi) is 11.6. The molecule has 0 radical (unpaired) electrons. The second-order valence-corrected chi connectivity index (χ2v) is 7.74. The lowest BCUT2D eigenvalue weighted by molar-refractivity contribution is 0.103. The summed E-state index contributed by atoms with van der Waals surface area (Å²) in [5.74, 6) is 0.812. The third kappa shape index (κ3) is 9.47. The third-order valence-electron chi connectivity index (χ3n) is 5.17. The fraction of sp³-hybridized carbons (Fsp3) is 0.423. The molecule has 0 spiro atoms. The van der Waals surface area contributed by atoms with Crippen molar-refractivity contribution in [2.75, 3.05) is 13.2 Å². The van der Waals surface area contributed by atoms with Crippen LogP contribution in [0.4, 0.5) is 0 Å². The fourth-order valence-electron chi connectivity index (χ4n) is 3.21. The Hall–Kier alpha value is -2.47. The molecule has 4 N–H and O–H groups in total. The van der Waals surface area contributed by atoms with Crippen molar-refractivity contribution in [1.82, 2.24) is 0 Å². The lowest BCUT2D eigenvalue weighted by atomic mass is 10.0. The maximum atomic E-state index is 12.4. The van der Waals surface area contributed by atoms with Gasteiger partial charge in [-0.15, -0.1) is 0 Å². The zero-order valence-corrected chi connectivity index (χ0v) is 18.2. The molecule has 2 atom stereocenters. The van der Waals surface area contributed by atoms with Gasteiger partial charge in [0.1, 0.15) is 5.75 Å². The van der Waals surface area contributed by atoms with E-state index in [0.29, 0.717) is 17.7 Å². The minimum Gasteiger partial charge on any atom is -0.494 e. The summed E-state index contributed by atoms with van der Waals surface area (Å²) in [5.41, 5.74) is 6.90. The van der Waals surface area contributed by atoms with Crippen molar-refractivity contribution < 1.29 is 19.7 Å². The number of carbonyl (C=O) groups is 1. The molecule has 0 heterocycles. The van der Waals surface area contributed by atoms with Crippen LogP contribution in [0, 0.1) is 0 Å². The maximum absolute atomic E-state index is 12.4. The van der Waals surface area contributed by atoms with Crippen LogP contribution < -0.4 is 10.5 Å². The van der Waals surface area contributed by atoms with Crippen LogP contribution in [0.5, 0.6) is 5.75 Å². The van der Waals surface area contributed by atoms with E-state index in [4.69, 9.17) is 15.6 Å². The molecule has 0 aromatic heterocycles. The van der Waals surface area contributed by atoms with E-state index in [1.54, 1.807) is 6.08 Å². The Morgan fingerprint density at radius 1 is 0.903 bits per heavy atom. The number of benzene rings is 2. The lowest BCUT2D eigenvalue weighted by Gasteiger charge is -2.11. The molecule has 0 aliphatic heterocycles. The number of rotatable bonds is 15. The topological polar surface area (TPSA) is 92.8 Å². The minimum atomic E-state index is -0.773. The maximum Gasteiger partial charge on any atom is 0.193 e. The number of carbonyl (C=O) groups excluding carboxylic acids is 1. The van der Waals surface area contributed by atoms with Gasteiger partial charge in [-0.05, 0) is 43.5 Å². The van der Waals surface area contributed by atoms with E-state index in [-0.39, 0.29) is 12.4 Å². The molecule has 2 aromatic carbocycles. The average molecular weight is 426 g/mol. The Bertz CT molecular complexity index is 774. The van der Waals surface area contributed by atoms with Crippen LogP contribution in [0.15, 0.2) is 66.7 Å². The van der Waals surface area contributed by atoms with Crippen LogP contribution in [-0.4, -0.2) is 41.4 Å². The highest BCUT2D eigenvalue weighted by atomic mass is 16.5. The fourth-order valence-corrected chi connectivity index (χ4v) is 3.21.